The van der Waals surface area contributed by atoms with E-state index in [1.165, 1.54) is 6.20 Å². The molecule has 5 heterocycles. The highest BCUT2D eigenvalue weighted by Crippen LogP contribution is 2.31. The number of carbonyl (C=O) groups excluding carboxylic acids is 1. The number of fused-ring (bicyclic) bond motifs is 1. The number of aryl methyl sites for hydroxylation is 2. The second-order valence-electron chi connectivity index (χ2n) is 9.08. The van der Waals surface area contributed by atoms with Crippen LogP contribution in [0.25, 0.3) is 16.0 Å². The smallest absolute Gasteiger partial charge is 0.269 e. The molecule has 1 amide bonds. The van der Waals surface area contributed by atoms with Crippen LogP contribution in [0.15, 0.2) is 43.0 Å². The number of aromatic nitrogens is 5. The van der Waals surface area contributed by atoms with Gasteiger partial charge in [-0.2, -0.15) is 4.98 Å². The number of pyridine rings is 3. The number of anilines is 2. The van der Waals surface area contributed by atoms with Gasteiger partial charge >= 0.3 is 0 Å². The highest BCUT2D eigenvalue weighted by atomic mass is 16.5. The number of imidazole rings is 1. The summed E-state index contributed by atoms with van der Waals surface area (Å²) in [5.41, 5.74) is 3.19. The number of hydrogen-bond donors (Lipinski definition) is 1. The molecular formula is C26H26N8O3. The number of rotatable bonds is 5. The van der Waals surface area contributed by atoms with E-state index in [9.17, 15) is 4.79 Å². The lowest BCUT2D eigenvalue weighted by Gasteiger charge is -2.35. The highest BCUT2D eigenvalue weighted by Gasteiger charge is 2.26. The Labute approximate surface area is 213 Å². The van der Waals surface area contributed by atoms with Crippen molar-refractivity contribution in [2.45, 2.75) is 33.0 Å². The molecule has 5 rings (SSSR count). The molecule has 11 nitrogen and oxygen atoms in total. The predicted molar refractivity (Wildman–Crippen MR) is 137 cm³/mol. The van der Waals surface area contributed by atoms with Crippen LogP contribution >= 0.6 is 0 Å². The molecule has 0 spiro atoms. The molecular weight excluding hydrogens is 472 g/mol. The maximum absolute atomic E-state index is 13.0. The fourth-order valence-electron chi connectivity index (χ4n) is 4.29. The quantitative estimate of drug-likeness (QED) is 0.403. The summed E-state index contributed by atoms with van der Waals surface area (Å²) < 4.78 is 13.5. The summed E-state index contributed by atoms with van der Waals surface area (Å²) in [6.45, 7) is 14.0. The van der Waals surface area contributed by atoms with Crippen LogP contribution in [-0.4, -0.2) is 60.6 Å². The molecule has 4 aromatic heterocycles. The van der Waals surface area contributed by atoms with Gasteiger partial charge in [-0.1, -0.05) is 6.57 Å². The summed E-state index contributed by atoms with van der Waals surface area (Å²) in [4.78, 5) is 35.7. The zero-order chi connectivity index (χ0) is 26.1. The predicted octanol–water partition coefficient (Wildman–Crippen LogP) is 4.40. The van der Waals surface area contributed by atoms with Gasteiger partial charge in [0.25, 0.3) is 11.7 Å². The van der Waals surface area contributed by atoms with E-state index in [2.05, 4.69) is 30.1 Å². The maximum atomic E-state index is 13.0. The first kappa shape index (κ1) is 24.1. The molecule has 0 aliphatic carbocycles. The van der Waals surface area contributed by atoms with E-state index in [1.807, 2.05) is 27.8 Å². The Hall–Kier alpha value is -4.56. The van der Waals surface area contributed by atoms with Gasteiger partial charge in [0.2, 0.25) is 5.88 Å². The van der Waals surface area contributed by atoms with Gasteiger partial charge in [0.05, 0.1) is 29.8 Å². The van der Waals surface area contributed by atoms with Crippen molar-refractivity contribution >= 4 is 34.4 Å². The highest BCUT2D eigenvalue weighted by molar-refractivity contribution is 5.94. The van der Waals surface area contributed by atoms with Crippen molar-refractivity contribution in [1.82, 2.24) is 29.4 Å². The topological polar surface area (TPSA) is 112 Å². The number of hydrogen-bond acceptors (Lipinski definition) is 8. The van der Waals surface area contributed by atoms with E-state index in [1.54, 1.807) is 46.3 Å². The van der Waals surface area contributed by atoms with Crippen LogP contribution in [0.5, 0.6) is 11.6 Å². The molecule has 0 bridgehead atoms. The zero-order valence-electron chi connectivity index (χ0n) is 21.0. The van der Waals surface area contributed by atoms with E-state index < -0.39 is 0 Å². The van der Waals surface area contributed by atoms with Crippen LogP contribution in [0.2, 0.25) is 0 Å². The third kappa shape index (κ3) is 5.05. The molecule has 1 saturated heterocycles. The average molecular weight is 499 g/mol. The molecule has 1 aliphatic heterocycles. The summed E-state index contributed by atoms with van der Waals surface area (Å²) in [6.07, 6.45) is 4.74. The lowest BCUT2D eigenvalue weighted by Crippen LogP contribution is -2.48. The van der Waals surface area contributed by atoms with Crippen LogP contribution < -0.4 is 10.1 Å². The first-order valence-corrected chi connectivity index (χ1v) is 11.8. The molecule has 37 heavy (non-hydrogen) atoms. The Balaban J connectivity index is 1.39. The van der Waals surface area contributed by atoms with Gasteiger partial charge in [-0.25, -0.2) is 9.97 Å². The van der Waals surface area contributed by atoms with E-state index in [-0.39, 0.29) is 18.1 Å². The first-order chi connectivity index (χ1) is 17.8. The second-order valence-corrected chi connectivity index (χ2v) is 9.08. The van der Waals surface area contributed by atoms with Crippen LogP contribution in [0.1, 0.15) is 29.8 Å². The Morgan fingerprint density at radius 2 is 1.95 bits per heavy atom. The Kier molecular flexibility index (Phi) is 6.42. The van der Waals surface area contributed by atoms with Crippen LogP contribution in [-0.2, 0) is 11.8 Å². The van der Waals surface area contributed by atoms with Gasteiger partial charge in [0, 0.05) is 32.4 Å². The van der Waals surface area contributed by atoms with Gasteiger partial charge in [-0.15, -0.1) is 4.98 Å². The Morgan fingerprint density at radius 1 is 1.16 bits per heavy atom. The van der Waals surface area contributed by atoms with E-state index in [0.29, 0.717) is 58.8 Å². The summed E-state index contributed by atoms with van der Waals surface area (Å²) in [5.74, 6) is 1.61. The monoisotopic (exact) mass is 498 g/mol. The minimum Gasteiger partial charge on any atom is -0.435 e. The van der Waals surface area contributed by atoms with Crippen molar-refractivity contribution in [3.05, 3.63) is 65.5 Å². The molecule has 0 radical (unpaired) electrons. The molecule has 1 aliphatic rings. The van der Waals surface area contributed by atoms with Gasteiger partial charge in [0.15, 0.2) is 17.6 Å². The van der Waals surface area contributed by atoms with Crippen molar-refractivity contribution in [3.63, 3.8) is 0 Å². The number of nitrogens with one attached hydrogen (secondary N) is 1. The number of amides is 1. The van der Waals surface area contributed by atoms with Crippen LogP contribution in [0.4, 0.5) is 17.3 Å². The van der Waals surface area contributed by atoms with E-state index in [4.69, 9.17) is 16.0 Å². The van der Waals surface area contributed by atoms with Gasteiger partial charge in [-0.3, -0.25) is 4.79 Å². The summed E-state index contributed by atoms with van der Waals surface area (Å²) in [6, 6.07) is 6.90. The number of nitrogens with zero attached hydrogens (tertiary/aromatic N) is 7. The first-order valence-electron chi connectivity index (χ1n) is 11.8. The third-order valence-electron chi connectivity index (χ3n) is 6.00. The minimum atomic E-state index is -0.0685. The molecule has 0 aromatic carbocycles. The van der Waals surface area contributed by atoms with Crippen molar-refractivity contribution in [2.75, 3.05) is 18.4 Å². The van der Waals surface area contributed by atoms with Gasteiger partial charge < -0.3 is 29.1 Å². The van der Waals surface area contributed by atoms with Gasteiger partial charge in [-0.05, 0) is 44.5 Å². The summed E-state index contributed by atoms with van der Waals surface area (Å²) in [5, 5.41) is 3.27. The van der Waals surface area contributed by atoms with E-state index >= 15 is 0 Å². The Bertz CT molecular complexity index is 1500. The van der Waals surface area contributed by atoms with Crippen molar-refractivity contribution in [2.24, 2.45) is 7.05 Å². The largest absolute Gasteiger partial charge is 0.435 e. The lowest BCUT2D eigenvalue weighted by atomic mass is 10.2. The standard InChI is InChI=1S/C26H26N8O3/c1-15-8-22(27-4)29-11-20(15)37-23-9-19(24-25(32-23)33(5)14-30-24)31-21-7-6-18(10-28-21)26(35)34-12-16(2)36-17(3)13-34/h6-11,14,16-17H,12-13H2,1-3,5H3,(H,28,31,32)/t16-,17-/m1/s1. The van der Waals surface area contributed by atoms with Crippen molar-refractivity contribution in [3.8, 4) is 11.6 Å². The fraction of sp³-hybridized carbons (Fsp3) is 0.308. The average Bonchev–Trinajstić information content (AvgIpc) is 3.25. The molecule has 11 heteroatoms. The molecule has 4 aromatic rings. The normalized spacial score (nSPS) is 17.4. The molecule has 0 unspecified atom stereocenters. The number of ether oxygens (including phenoxy) is 2. The van der Waals surface area contributed by atoms with Gasteiger partial charge in [0.1, 0.15) is 11.3 Å². The van der Waals surface area contributed by atoms with Crippen LogP contribution in [0.3, 0.4) is 0 Å². The molecule has 0 saturated carbocycles. The molecule has 1 fully saturated rings. The minimum absolute atomic E-state index is 0.00402. The van der Waals surface area contributed by atoms with E-state index in [0.717, 1.165) is 5.56 Å². The third-order valence-corrected chi connectivity index (χ3v) is 6.00. The SMILES string of the molecule is [C-]#[N+]c1cc(C)c(Oc2cc(Nc3ccc(C(=O)N4C[C@@H](C)O[C@H](C)C4)cn3)c3ncn(C)c3n2)cn1. The summed E-state index contributed by atoms with van der Waals surface area (Å²) in [7, 11) is 1.85. The molecule has 1 N–H and O–H groups in total. The molecule has 188 valence electrons. The van der Waals surface area contributed by atoms with Crippen molar-refractivity contribution < 1.29 is 14.3 Å². The van der Waals surface area contributed by atoms with Crippen molar-refractivity contribution in [1.29, 1.82) is 0 Å². The lowest BCUT2D eigenvalue weighted by molar-refractivity contribution is -0.0586. The maximum Gasteiger partial charge on any atom is 0.269 e. The zero-order valence-corrected chi connectivity index (χ0v) is 21.0. The fourth-order valence-corrected chi connectivity index (χ4v) is 4.29. The number of carbonyl (C=O) groups is 1. The summed E-state index contributed by atoms with van der Waals surface area (Å²) >= 11 is 0. The number of morpholine rings is 1. The second kappa shape index (κ2) is 9.83. The Morgan fingerprint density at radius 3 is 2.62 bits per heavy atom. The molecule has 2 atom stereocenters. The van der Waals surface area contributed by atoms with Crippen LogP contribution in [0, 0.1) is 13.5 Å².